The van der Waals surface area contributed by atoms with E-state index in [1.165, 1.54) is 6.92 Å². The van der Waals surface area contributed by atoms with E-state index in [9.17, 15) is 29.5 Å². The molecular weight excluding hydrogens is 419 g/mol. The zero-order chi connectivity index (χ0) is 22.1. The highest BCUT2D eigenvalue weighted by molar-refractivity contribution is 7.17. The van der Waals surface area contributed by atoms with Crippen molar-refractivity contribution in [1.29, 1.82) is 0 Å². The Morgan fingerprint density at radius 1 is 1.20 bits per heavy atom. The van der Waals surface area contributed by atoms with Gasteiger partial charge in [-0.2, -0.15) is 0 Å². The summed E-state index contributed by atoms with van der Waals surface area (Å²) in [7, 11) is -0.333. The molecule has 2 amide bonds. The van der Waals surface area contributed by atoms with Crippen molar-refractivity contribution >= 4 is 20.5 Å². The average Bonchev–Trinajstić information content (AvgIpc) is 2.73. The molecule has 0 radical (unpaired) electrons. The van der Waals surface area contributed by atoms with E-state index in [0.29, 0.717) is 45.2 Å². The number of likely N-dealkylation sites (tertiary alicyclic amines) is 1. The number of unbranched alkanes of at least 4 members (excludes halogenated alkanes) is 1. The summed E-state index contributed by atoms with van der Waals surface area (Å²) in [5.74, 6) is -0.377. The molecule has 2 unspecified atom stereocenters. The molecule has 2 heterocycles. The first-order valence-electron chi connectivity index (χ1n) is 10.1. The maximum absolute atomic E-state index is 12.3. The van der Waals surface area contributed by atoms with Gasteiger partial charge < -0.3 is 35.0 Å². The third-order valence-electron chi connectivity index (χ3n) is 5.30. The Hall–Kier alpha value is -1.20. The number of nitrogens with one attached hydrogen (secondary N) is 1. The van der Waals surface area contributed by atoms with Gasteiger partial charge in [-0.25, -0.2) is 4.57 Å². The van der Waals surface area contributed by atoms with Gasteiger partial charge in [-0.3, -0.25) is 14.1 Å². The number of amides is 2. The molecule has 0 saturated carbocycles. The molecule has 2 aliphatic heterocycles. The second kappa shape index (κ2) is 12.6. The van der Waals surface area contributed by atoms with Gasteiger partial charge >= 0.3 is 8.69 Å². The zero-order valence-corrected chi connectivity index (χ0v) is 17.9. The first-order valence-corrected chi connectivity index (χ1v) is 10.9. The number of nitrogens with zero attached hydrogens (tertiary/aromatic N) is 1. The van der Waals surface area contributed by atoms with Crippen molar-refractivity contribution in [3.63, 3.8) is 0 Å². The molecule has 0 bridgehead atoms. The second-order valence-electron chi connectivity index (χ2n) is 7.52. The Morgan fingerprint density at radius 3 is 2.50 bits per heavy atom. The zero-order valence-electron chi connectivity index (χ0n) is 17.0. The highest BCUT2D eigenvalue weighted by Gasteiger charge is 2.45. The highest BCUT2D eigenvalue weighted by atomic mass is 31.1. The quantitative estimate of drug-likeness (QED) is 0.251. The molecule has 30 heavy (non-hydrogen) atoms. The van der Waals surface area contributed by atoms with Crippen molar-refractivity contribution in [1.82, 2.24) is 10.2 Å². The molecule has 0 aliphatic carbocycles. The number of carbonyl (C=O) groups is 2. The van der Waals surface area contributed by atoms with Crippen LogP contribution in [0.5, 0.6) is 0 Å². The lowest BCUT2D eigenvalue weighted by Crippen LogP contribution is -2.64. The molecule has 0 aromatic carbocycles. The van der Waals surface area contributed by atoms with Crippen LogP contribution in [0.1, 0.15) is 39.0 Å². The minimum absolute atomic E-state index is 0.0389. The van der Waals surface area contributed by atoms with Crippen LogP contribution in [-0.4, -0.2) is 95.1 Å². The van der Waals surface area contributed by atoms with Crippen molar-refractivity contribution in [2.45, 2.75) is 75.8 Å². The minimum atomic E-state index is -1.35. The Labute approximate surface area is 176 Å². The molecule has 2 rings (SSSR count). The summed E-state index contributed by atoms with van der Waals surface area (Å²) >= 11 is 0. The van der Waals surface area contributed by atoms with Crippen molar-refractivity contribution in [3.8, 4) is 0 Å². The second-order valence-corrected chi connectivity index (χ2v) is 7.88. The van der Waals surface area contributed by atoms with Gasteiger partial charge in [-0.05, 0) is 25.7 Å². The van der Waals surface area contributed by atoms with E-state index in [2.05, 4.69) is 5.32 Å². The maximum Gasteiger partial charge on any atom is 0.327 e. The fraction of sp³-hybridized carbons (Fsp3) is 0.889. The lowest BCUT2D eigenvalue weighted by molar-refractivity contribution is -0.270. The highest BCUT2D eigenvalue weighted by Crippen LogP contribution is 2.23. The van der Waals surface area contributed by atoms with Crippen LogP contribution in [-0.2, 0) is 28.2 Å². The molecule has 2 aliphatic rings. The first kappa shape index (κ1) is 25.1. The average molecular weight is 450 g/mol. The van der Waals surface area contributed by atoms with Crippen LogP contribution in [0, 0.1) is 0 Å². The maximum atomic E-state index is 12.3. The van der Waals surface area contributed by atoms with Crippen molar-refractivity contribution in [2.75, 3.05) is 26.3 Å². The summed E-state index contributed by atoms with van der Waals surface area (Å²) in [5, 5.41) is 32.0. The number of hydrogen-bond donors (Lipinski definition) is 4. The fourth-order valence-electron chi connectivity index (χ4n) is 3.62. The van der Waals surface area contributed by atoms with Gasteiger partial charge in [0.15, 0.2) is 6.29 Å². The Morgan fingerprint density at radius 2 is 1.90 bits per heavy atom. The normalized spacial score (nSPS) is 30.4. The monoisotopic (exact) mass is 450 g/mol. The summed E-state index contributed by atoms with van der Waals surface area (Å²) in [6.07, 6.45) is -2.02. The van der Waals surface area contributed by atoms with Crippen molar-refractivity contribution < 1.29 is 43.5 Å². The lowest BCUT2D eigenvalue weighted by Gasteiger charge is -2.42. The number of aliphatic hydroxyl groups is 3. The number of ether oxygens (including phenoxy) is 2. The smallest absolute Gasteiger partial charge is 0.327 e. The van der Waals surface area contributed by atoms with Gasteiger partial charge in [0.2, 0.25) is 11.8 Å². The van der Waals surface area contributed by atoms with Crippen molar-refractivity contribution in [2.24, 2.45) is 0 Å². The van der Waals surface area contributed by atoms with E-state index in [-0.39, 0.29) is 27.3 Å². The molecule has 11 nitrogen and oxygen atoms in total. The Bertz CT molecular complexity index is 574. The lowest BCUT2D eigenvalue weighted by atomic mass is 9.97. The van der Waals surface area contributed by atoms with Crippen LogP contribution in [0.4, 0.5) is 0 Å². The van der Waals surface area contributed by atoms with E-state index in [0.717, 1.165) is 0 Å². The van der Waals surface area contributed by atoms with Crippen molar-refractivity contribution in [3.05, 3.63) is 0 Å². The third-order valence-corrected chi connectivity index (χ3v) is 5.69. The number of hydrogen-bond acceptors (Lipinski definition) is 9. The molecule has 172 valence electrons. The summed E-state index contributed by atoms with van der Waals surface area (Å²) in [4.78, 5) is 25.4. The first-order chi connectivity index (χ1) is 14.4. The van der Waals surface area contributed by atoms with E-state index in [1.54, 1.807) is 4.90 Å². The van der Waals surface area contributed by atoms with E-state index in [4.69, 9.17) is 14.0 Å². The van der Waals surface area contributed by atoms with Gasteiger partial charge in [0.25, 0.3) is 0 Å². The van der Waals surface area contributed by atoms with Gasteiger partial charge in [-0.15, -0.1) is 0 Å². The molecule has 5 atom stereocenters. The number of piperidine rings is 1. The van der Waals surface area contributed by atoms with Gasteiger partial charge in [0.1, 0.15) is 24.4 Å². The SMILES string of the molecule is CC(=O)N[C@H]1C(O)[C@@H](O)C(CO)O[C@H]1OCCCCC(=O)N1CCC(OP=O)CC1. The Kier molecular flexibility index (Phi) is 10.5. The third kappa shape index (κ3) is 7.19. The molecular formula is C18H31N2O9P. The summed E-state index contributed by atoms with van der Waals surface area (Å²) in [5.41, 5.74) is 0. The minimum Gasteiger partial charge on any atom is -0.394 e. The van der Waals surface area contributed by atoms with E-state index < -0.39 is 43.2 Å². The van der Waals surface area contributed by atoms with Crippen LogP contribution in [0.3, 0.4) is 0 Å². The summed E-state index contributed by atoms with van der Waals surface area (Å²) < 4.78 is 26.6. The van der Waals surface area contributed by atoms with Crippen LogP contribution >= 0.6 is 8.69 Å². The number of carbonyl (C=O) groups excluding carboxylic acids is 2. The molecule has 2 fully saturated rings. The van der Waals surface area contributed by atoms with Gasteiger partial charge in [-0.1, -0.05) is 0 Å². The summed E-state index contributed by atoms with van der Waals surface area (Å²) in [6, 6.07) is -0.973. The van der Waals surface area contributed by atoms with E-state index in [1.807, 2.05) is 0 Å². The van der Waals surface area contributed by atoms with Crippen LogP contribution in [0.15, 0.2) is 0 Å². The fourth-order valence-corrected chi connectivity index (χ4v) is 3.95. The van der Waals surface area contributed by atoms with Gasteiger partial charge in [0.05, 0.1) is 12.7 Å². The predicted molar refractivity (Wildman–Crippen MR) is 103 cm³/mol. The van der Waals surface area contributed by atoms with Crippen LogP contribution in [0.25, 0.3) is 0 Å². The predicted octanol–water partition coefficient (Wildman–Crippen LogP) is -0.669. The summed E-state index contributed by atoms with van der Waals surface area (Å²) in [6.45, 7) is 2.14. The standard InChI is InChI=1S/C18H31N2O9P/c1-11(22)19-15-17(25)16(24)13(10-21)28-18(15)27-9-3-2-4-14(23)20-7-5-12(6-8-20)29-30-26/h12-13,15-18,21,24-25H,2-10H2,1H3,(H,19,22)/t13?,15-,16-,17?,18+/m0/s1. The molecule has 12 heteroatoms. The Balaban J connectivity index is 1.72. The molecule has 0 aromatic heterocycles. The number of rotatable bonds is 10. The molecule has 0 spiro atoms. The van der Waals surface area contributed by atoms with E-state index >= 15 is 0 Å². The van der Waals surface area contributed by atoms with Crippen LogP contribution in [0.2, 0.25) is 0 Å². The molecule has 4 N–H and O–H groups in total. The number of aliphatic hydroxyl groups excluding tert-OH is 3. The van der Waals surface area contributed by atoms with Gasteiger partial charge in [0, 0.05) is 33.0 Å². The topological polar surface area (TPSA) is 155 Å². The molecule has 0 aromatic rings. The molecule has 2 saturated heterocycles. The van der Waals surface area contributed by atoms with Crippen LogP contribution < -0.4 is 5.32 Å². The largest absolute Gasteiger partial charge is 0.394 e.